The molecule has 0 saturated carbocycles. The number of amides is 1. The highest BCUT2D eigenvalue weighted by atomic mass is 32.2. The van der Waals surface area contributed by atoms with Gasteiger partial charge in [-0.05, 0) is 43.7 Å². The summed E-state index contributed by atoms with van der Waals surface area (Å²) in [6.45, 7) is 1.32. The molecule has 0 spiro atoms. The van der Waals surface area contributed by atoms with Crippen molar-refractivity contribution in [2.24, 2.45) is 0 Å². The van der Waals surface area contributed by atoms with Crippen molar-refractivity contribution in [2.45, 2.75) is 30.3 Å². The van der Waals surface area contributed by atoms with Gasteiger partial charge in [0.2, 0.25) is 10.0 Å². The monoisotopic (exact) mass is 432 g/mol. The summed E-state index contributed by atoms with van der Waals surface area (Å²) in [7, 11) is -1.60. The zero-order valence-corrected chi connectivity index (χ0v) is 17.4. The van der Waals surface area contributed by atoms with Gasteiger partial charge in [0.25, 0.3) is 5.91 Å². The minimum absolute atomic E-state index is 0. The zero-order chi connectivity index (χ0) is 21.1. The summed E-state index contributed by atoms with van der Waals surface area (Å²) in [6.07, 6.45) is 4.71. The Balaban J connectivity index is 0.00000181. The van der Waals surface area contributed by atoms with Crippen LogP contribution in [0.3, 0.4) is 0 Å². The average molecular weight is 433 g/mol. The maximum Gasteiger partial charge on any atom is 0.253 e. The molecule has 3 heterocycles. The molecule has 1 saturated heterocycles. The number of nitrogens with zero attached hydrogens (tertiary/aromatic N) is 3. The summed E-state index contributed by atoms with van der Waals surface area (Å²) in [6, 6.07) is 8.73. The lowest BCUT2D eigenvalue weighted by atomic mass is 10.1. The van der Waals surface area contributed by atoms with Crippen molar-refractivity contribution in [2.75, 3.05) is 20.1 Å². The molecular weight excluding hydrogens is 404 g/mol. The van der Waals surface area contributed by atoms with E-state index >= 15 is 0 Å². The summed E-state index contributed by atoms with van der Waals surface area (Å²) in [4.78, 5) is 16.8. The molecule has 1 aliphatic rings. The molecule has 1 fully saturated rings. The van der Waals surface area contributed by atoms with E-state index in [2.05, 4.69) is 25.8 Å². The first-order chi connectivity index (χ1) is 14.5. The molecule has 0 unspecified atom stereocenters. The maximum atomic E-state index is 12.9. The van der Waals surface area contributed by atoms with Crippen LogP contribution in [0.15, 0.2) is 47.6 Å². The van der Waals surface area contributed by atoms with Crippen LogP contribution in [0, 0.1) is 0 Å². The van der Waals surface area contributed by atoms with E-state index in [1.807, 2.05) is 7.05 Å². The van der Waals surface area contributed by atoms with Gasteiger partial charge in [-0.15, -0.1) is 0 Å². The highest BCUT2D eigenvalue weighted by Gasteiger charge is 2.28. The van der Waals surface area contributed by atoms with Crippen LogP contribution in [-0.2, 0) is 16.6 Å². The van der Waals surface area contributed by atoms with E-state index < -0.39 is 10.0 Å². The number of piperidine rings is 1. The standard InChI is InChI=1S/C20H24N6O3S.2H2/c1-21-17-6-8-26(9-7-17)30(28,29)18-4-2-14(3-5-18)11-23-20(27)16-10-15-13-24-25-19(15)22-12-16;;/h2-5,10,12-13,17,21H,6-9,11H2,1H3,(H,23,27)(H,22,24,25);2*1H. The van der Waals surface area contributed by atoms with Crippen LogP contribution in [0.1, 0.15) is 31.6 Å². The summed E-state index contributed by atoms with van der Waals surface area (Å²) < 4.78 is 27.2. The second kappa shape index (κ2) is 8.50. The van der Waals surface area contributed by atoms with Gasteiger partial charge in [0.1, 0.15) is 0 Å². The fourth-order valence-electron chi connectivity index (χ4n) is 3.56. The summed E-state index contributed by atoms with van der Waals surface area (Å²) in [5.41, 5.74) is 1.88. The summed E-state index contributed by atoms with van der Waals surface area (Å²) >= 11 is 0. The molecule has 1 aromatic carbocycles. The number of aromatic amines is 1. The van der Waals surface area contributed by atoms with Crippen LogP contribution < -0.4 is 10.6 Å². The molecule has 1 aliphatic heterocycles. The molecule has 0 atom stereocenters. The number of rotatable bonds is 6. The number of carbonyl (C=O) groups excluding carboxylic acids is 1. The Morgan fingerprint density at radius 3 is 2.67 bits per heavy atom. The first-order valence-corrected chi connectivity index (χ1v) is 11.2. The highest BCUT2D eigenvalue weighted by molar-refractivity contribution is 7.89. The Morgan fingerprint density at radius 2 is 1.97 bits per heavy atom. The molecule has 1 amide bonds. The van der Waals surface area contributed by atoms with E-state index in [0.717, 1.165) is 23.8 Å². The normalized spacial score (nSPS) is 16.0. The SMILES string of the molecule is CNC1CCN(S(=O)(=O)c2ccc(CNC(=O)c3cnc4[nH]ncc4c3)cc2)CC1.[HH].[HH]. The van der Waals surface area contributed by atoms with Crippen LogP contribution >= 0.6 is 0 Å². The summed E-state index contributed by atoms with van der Waals surface area (Å²) in [5.74, 6) is -0.255. The zero-order valence-electron chi connectivity index (χ0n) is 16.6. The topological polar surface area (TPSA) is 120 Å². The lowest BCUT2D eigenvalue weighted by Gasteiger charge is -2.31. The van der Waals surface area contributed by atoms with Crippen LogP contribution in [-0.4, -0.2) is 60.0 Å². The Bertz CT molecular complexity index is 1150. The number of sulfonamides is 1. The van der Waals surface area contributed by atoms with Gasteiger partial charge in [-0.1, -0.05) is 12.1 Å². The molecule has 0 radical (unpaired) electrons. The number of hydrogen-bond acceptors (Lipinski definition) is 6. The smallest absolute Gasteiger partial charge is 0.253 e. The third-order valence-electron chi connectivity index (χ3n) is 5.43. The van der Waals surface area contributed by atoms with Gasteiger partial charge in [-0.25, -0.2) is 13.4 Å². The number of nitrogens with one attached hydrogen (secondary N) is 3. The number of fused-ring (bicyclic) bond motifs is 1. The van der Waals surface area contributed by atoms with E-state index in [9.17, 15) is 13.2 Å². The first kappa shape index (κ1) is 20.5. The molecule has 30 heavy (non-hydrogen) atoms. The predicted octanol–water partition coefficient (Wildman–Crippen LogP) is 1.75. The molecule has 10 heteroatoms. The second-order valence-corrected chi connectivity index (χ2v) is 9.26. The molecule has 9 nitrogen and oxygen atoms in total. The molecule has 0 aliphatic carbocycles. The molecule has 3 aromatic rings. The number of H-pyrrole nitrogens is 1. The van der Waals surface area contributed by atoms with Gasteiger partial charge in [-0.3, -0.25) is 9.89 Å². The minimum atomic E-state index is -3.50. The van der Waals surface area contributed by atoms with Crippen LogP contribution in [0.25, 0.3) is 11.0 Å². The second-order valence-electron chi connectivity index (χ2n) is 7.33. The largest absolute Gasteiger partial charge is 0.348 e. The van der Waals surface area contributed by atoms with Gasteiger partial charge < -0.3 is 10.6 Å². The Labute approximate surface area is 177 Å². The van der Waals surface area contributed by atoms with Gasteiger partial charge in [0.15, 0.2) is 5.65 Å². The Kier molecular flexibility index (Phi) is 5.80. The van der Waals surface area contributed by atoms with Crippen molar-refractivity contribution < 1.29 is 16.1 Å². The summed E-state index contributed by atoms with van der Waals surface area (Å²) in [5, 5.41) is 13.4. The van der Waals surface area contributed by atoms with Crippen molar-refractivity contribution in [1.29, 1.82) is 0 Å². The highest BCUT2D eigenvalue weighted by Crippen LogP contribution is 2.21. The van der Waals surface area contributed by atoms with Crippen LogP contribution in [0.4, 0.5) is 0 Å². The van der Waals surface area contributed by atoms with Crippen molar-refractivity contribution in [1.82, 2.24) is 30.1 Å². The quantitative estimate of drug-likeness (QED) is 0.546. The fraction of sp³-hybridized carbons (Fsp3) is 0.350. The first-order valence-electron chi connectivity index (χ1n) is 9.81. The Hall–Kier alpha value is -2.82. The Morgan fingerprint density at radius 1 is 1.23 bits per heavy atom. The third-order valence-corrected chi connectivity index (χ3v) is 7.34. The third kappa shape index (κ3) is 4.20. The number of benzene rings is 1. The van der Waals surface area contributed by atoms with E-state index in [4.69, 9.17) is 0 Å². The van der Waals surface area contributed by atoms with E-state index in [0.29, 0.717) is 30.3 Å². The number of pyridine rings is 1. The predicted molar refractivity (Wildman–Crippen MR) is 117 cm³/mol. The molecular formula is C20H28N6O3S. The van der Waals surface area contributed by atoms with Gasteiger partial charge in [0.05, 0.1) is 16.7 Å². The minimum Gasteiger partial charge on any atom is -0.348 e. The molecule has 3 N–H and O–H groups in total. The number of hydrogen-bond donors (Lipinski definition) is 3. The molecule has 162 valence electrons. The van der Waals surface area contributed by atoms with Gasteiger partial charge in [-0.2, -0.15) is 9.40 Å². The molecule has 4 rings (SSSR count). The van der Waals surface area contributed by atoms with E-state index in [-0.39, 0.29) is 20.2 Å². The van der Waals surface area contributed by atoms with Crippen molar-refractivity contribution >= 4 is 27.0 Å². The lowest BCUT2D eigenvalue weighted by Crippen LogP contribution is -2.43. The fourth-order valence-corrected chi connectivity index (χ4v) is 5.03. The number of carbonyl (C=O) groups is 1. The molecule has 0 bridgehead atoms. The van der Waals surface area contributed by atoms with E-state index in [1.165, 1.54) is 10.5 Å². The number of aromatic nitrogens is 3. The van der Waals surface area contributed by atoms with Crippen LogP contribution in [0.2, 0.25) is 0 Å². The van der Waals surface area contributed by atoms with Crippen LogP contribution in [0.5, 0.6) is 0 Å². The maximum absolute atomic E-state index is 12.9. The lowest BCUT2D eigenvalue weighted by molar-refractivity contribution is 0.0950. The van der Waals surface area contributed by atoms with Crippen molar-refractivity contribution in [3.05, 3.63) is 53.9 Å². The average Bonchev–Trinajstić information content (AvgIpc) is 3.25. The van der Waals surface area contributed by atoms with Gasteiger partial charge >= 0.3 is 0 Å². The van der Waals surface area contributed by atoms with Crippen molar-refractivity contribution in [3.63, 3.8) is 0 Å². The van der Waals surface area contributed by atoms with Gasteiger partial charge in [0, 0.05) is 40.1 Å². The van der Waals surface area contributed by atoms with Crippen molar-refractivity contribution in [3.8, 4) is 0 Å². The van der Waals surface area contributed by atoms with E-state index in [1.54, 1.807) is 36.5 Å². The molecule has 2 aromatic heterocycles.